The van der Waals surface area contributed by atoms with Crippen molar-refractivity contribution >= 4 is 27.3 Å². The molecule has 18 heavy (non-hydrogen) atoms. The number of nitro benzene ring substituents is 1. The van der Waals surface area contributed by atoms with E-state index in [2.05, 4.69) is 21.2 Å². The molecule has 1 aromatic carbocycles. The Labute approximate surface area is 112 Å². The average Bonchev–Trinajstić information content (AvgIpc) is 2.60. The summed E-state index contributed by atoms with van der Waals surface area (Å²) < 4.78 is 13.6. The van der Waals surface area contributed by atoms with Crippen LogP contribution >= 0.6 is 15.9 Å². The fourth-order valence-electron chi connectivity index (χ4n) is 2.01. The quantitative estimate of drug-likeness (QED) is 0.671. The second-order valence-corrected chi connectivity index (χ2v) is 4.96. The fourth-order valence-corrected chi connectivity index (χ4v) is 2.34. The zero-order valence-corrected chi connectivity index (χ0v) is 11.2. The number of halogens is 2. The summed E-state index contributed by atoms with van der Waals surface area (Å²) in [7, 11) is 0. The molecule has 1 aliphatic rings. The van der Waals surface area contributed by atoms with Gasteiger partial charge in [-0.1, -0.05) is 0 Å². The highest BCUT2D eigenvalue weighted by Crippen LogP contribution is 2.33. The van der Waals surface area contributed by atoms with Gasteiger partial charge in [0.2, 0.25) is 0 Å². The highest BCUT2D eigenvalue weighted by molar-refractivity contribution is 9.10. The Morgan fingerprint density at radius 2 is 2.17 bits per heavy atom. The molecular weight excluding hydrogens is 305 g/mol. The summed E-state index contributed by atoms with van der Waals surface area (Å²) >= 11 is 3.08. The maximum atomic E-state index is 13.4. The Kier molecular flexibility index (Phi) is 4.13. The maximum absolute atomic E-state index is 13.4. The van der Waals surface area contributed by atoms with Crippen LogP contribution in [0.1, 0.15) is 6.42 Å². The van der Waals surface area contributed by atoms with Crippen molar-refractivity contribution in [1.82, 2.24) is 5.32 Å². The van der Waals surface area contributed by atoms with E-state index < -0.39 is 10.7 Å². The standard InChI is InChI=1S/C11H13BrFN3O2/c12-8-6-10(11(16(17)18)7-9(8)13)15-4-1-2-14-3-5-15/h6-7,14H,1-5H2. The molecule has 0 saturated carbocycles. The summed E-state index contributed by atoms with van der Waals surface area (Å²) in [6, 6.07) is 2.45. The molecule has 1 saturated heterocycles. The second-order valence-electron chi connectivity index (χ2n) is 4.10. The fraction of sp³-hybridized carbons (Fsp3) is 0.455. The summed E-state index contributed by atoms with van der Waals surface area (Å²) in [6.45, 7) is 3.07. The molecule has 1 heterocycles. The molecule has 0 unspecified atom stereocenters. The predicted octanol–water partition coefficient (Wildman–Crippen LogP) is 2.30. The predicted molar refractivity (Wildman–Crippen MR) is 70.5 cm³/mol. The smallest absolute Gasteiger partial charge is 0.295 e. The topological polar surface area (TPSA) is 58.4 Å². The van der Waals surface area contributed by atoms with E-state index in [-0.39, 0.29) is 10.2 Å². The summed E-state index contributed by atoms with van der Waals surface area (Å²) in [5.74, 6) is -0.613. The monoisotopic (exact) mass is 317 g/mol. The maximum Gasteiger partial charge on any atom is 0.295 e. The molecule has 98 valence electrons. The van der Waals surface area contributed by atoms with Gasteiger partial charge in [0.1, 0.15) is 11.5 Å². The van der Waals surface area contributed by atoms with Gasteiger partial charge in [0.15, 0.2) is 0 Å². The minimum Gasteiger partial charge on any atom is -0.365 e. The first-order chi connectivity index (χ1) is 8.59. The Hall–Kier alpha value is -1.21. The molecule has 5 nitrogen and oxygen atoms in total. The first kappa shape index (κ1) is 13.2. The van der Waals surface area contributed by atoms with E-state index in [1.165, 1.54) is 6.07 Å². The zero-order chi connectivity index (χ0) is 13.1. The van der Waals surface area contributed by atoms with Gasteiger partial charge in [-0.15, -0.1) is 0 Å². The van der Waals surface area contributed by atoms with E-state index in [1.807, 2.05) is 4.90 Å². The van der Waals surface area contributed by atoms with Crippen LogP contribution in [-0.2, 0) is 0 Å². The molecule has 1 fully saturated rings. The number of nitrogens with zero attached hydrogens (tertiary/aromatic N) is 2. The van der Waals surface area contributed by atoms with Crippen LogP contribution in [0.4, 0.5) is 15.8 Å². The van der Waals surface area contributed by atoms with Crippen molar-refractivity contribution in [3.05, 3.63) is 32.5 Å². The molecule has 1 N–H and O–H groups in total. The van der Waals surface area contributed by atoms with Gasteiger partial charge < -0.3 is 10.2 Å². The van der Waals surface area contributed by atoms with Crippen LogP contribution in [0.25, 0.3) is 0 Å². The molecule has 0 amide bonds. The SMILES string of the molecule is O=[N+]([O-])c1cc(F)c(Br)cc1N1CCCNCC1. The van der Waals surface area contributed by atoms with Gasteiger partial charge in [0.25, 0.3) is 5.69 Å². The lowest BCUT2D eigenvalue weighted by Gasteiger charge is -2.22. The Bertz CT molecular complexity index is 462. The van der Waals surface area contributed by atoms with Crippen LogP contribution in [0, 0.1) is 15.9 Å². The normalized spacial score (nSPS) is 16.4. The van der Waals surface area contributed by atoms with Gasteiger partial charge >= 0.3 is 0 Å². The molecule has 1 aromatic rings. The second kappa shape index (κ2) is 5.62. The number of nitro groups is 1. The molecule has 0 aromatic heterocycles. The molecule has 7 heteroatoms. The van der Waals surface area contributed by atoms with Crippen LogP contribution < -0.4 is 10.2 Å². The molecule has 0 radical (unpaired) electrons. The molecule has 0 spiro atoms. The Balaban J connectivity index is 2.40. The van der Waals surface area contributed by atoms with Gasteiger partial charge in [-0.25, -0.2) is 4.39 Å². The number of hydrogen-bond donors (Lipinski definition) is 1. The van der Waals surface area contributed by atoms with E-state index in [0.29, 0.717) is 12.2 Å². The summed E-state index contributed by atoms with van der Waals surface area (Å²) in [5.41, 5.74) is 0.287. The number of anilines is 1. The first-order valence-electron chi connectivity index (χ1n) is 5.68. The largest absolute Gasteiger partial charge is 0.365 e. The van der Waals surface area contributed by atoms with Crippen molar-refractivity contribution < 1.29 is 9.31 Å². The number of hydrogen-bond acceptors (Lipinski definition) is 4. The van der Waals surface area contributed by atoms with Gasteiger partial charge in [-0.05, 0) is 35.0 Å². The van der Waals surface area contributed by atoms with Crippen molar-refractivity contribution in [2.24, 2.45) is 0 Å². The van der Waals surface area contributed by atoms with Crippen molar-refractivity contribution in [2.75, 3.05) is 31.1 Å². The summed E-state index contributed by atoms with van der Waals surface area (Å²) in [6.07, 6.45) is 0.909. The molecule has 1 aliphatic heterocycles. The average molecular weight is 318 g/mol. The molecular formula is C11H13BrFN3O2. The van der Waals surface area contributed by atoms with E-state index in [9.17, 15) is 14.5 Å². The van der Waals surface area contributed by atoms with E-state index in [0.717, 1.165) is 32.1 Å². The van der Waals surface area contributed by atoms with Gasteiger partial charge in [-0.2, -0.15) is 0 Å². The zero-order valence-electron chi connectivity index (χ0n) is 9.66. The minimum atomic E-state index is -0.613. The third-order valence-corrected chi connectivity index (χ3v) is 3.50. The third-order valence-electron chi connectivity index (χ3n) is 2.89. The number of nitrogens with one attached hydrogen (secondary N) is 1. The Morgan fingerprint density at radius 1 is 1.39 bits per heavy atom. The van der Waals surface area contributed by atoms with Crippen LogP contribution in [0.15, 0.2) is 16.6 Å². The van der Waals surface area contributed by atoms with Crippen molar-refractivity contribution in [2.45, 2.75) is 6.42 Å². The summed E-state index contributed by atoms with van der Waals surface area (Å²) in [4.78, 5) is 12.4. The van der Waals surface area contributed by atoms with Crippen LogP contribution in [0.3, 0.4) is 0 Å². The van der Waals surface area contributed by atoms with Crippen LogP contribution in [-0.4, -0.2) is 31.1 Å². The van der Waals surface area contributed by atoms with E-state index in [4.69, 9.17) is 0 Å². The van der Waals surface area contributed by atoms with Gasteiger partial charge in [0.05, 0.1) is 15.5 Å². The van der Waals surface area contributed by atoms with Crippen LogP contribution in [0.5, 0.6) is 0 Å². The highest BCUT2D eigenvalue weighted by atomic mass is 79.9. The van der Waals surface area contributed by atoms with E-state index in [1.54, 1.807) is 0 Å². The minimum absolute atomic E-state index is 0.183. The number of rotatable bonds is 2. The highest BCUT2D eigenvalue weighted by Gasteiger charge is 2.22. The summed E-state index contributed by atoms with van der Waals surface area (Å²) in [5, 5.41) is 14.2. The third kappa shape index (κ3) is 2.78. The Morgan fingerprint density at radius 3 is 2.89 bits per heavy atom. The molecule has 2 rings (SSSR count). The lowest BCUT2D eigenvalue weighted by Crippen LogP contribution is -2.28. The lowest BCUT2D eigenvalue weighted by molar-refractivity contribution is -0.384. The van der Waals surface area contributed by atoms with Gasteiger partial charge in [-0.3, -0.25) is 10.1 Å². The van der Waals surface area contributed by atoms with Crippen LogP contribution in [0.2, 0.25) is 0 Å². The molecule has 0 bridgehead atoms. The molecule has 0 aliphatic carbocycles. The van der Waals surface area contributed by atoms with Crippen molar-refractivity contribution in [3.8, 4) is 0 Å². The van der Waals surface area contributed by atoms with E-state index >= 15 is 0 Å². The number of benzene rings is 1. The first-order valence-corrected chi connectivity index (χ1v) is 6.48. The lowest BCUT2D eigenvalue weighted by atomic mass is 10.2. The molecule has 0 atom stereocenters. The van der Waals surface area contributed by atoms with Gasteiger partial charge in [0, 0.05) is 19.6 Å². The van der Waals surface area contributed by atoms with Crippen molar-refractivity contribution in [3.63, 3.8) is 0 Å². The van der Waals surface area contributed by atoms with Crippen molar-refractivity contribution in [1.29, 1.82) is 0 Å².